The van der Waals surface area contributed by atoms with E-state index in [9.17, 15) is 10.2 Å². The second kappa shape index (κ2) is 5.64. The van der Waals surface area contributed by atoms with Crippen LogP contribution in [0.25, 0.3) is 0 Å². The second-order valence-electron chi connectivity index (χ2n) is 6.92. The van der Waals surface area contributed by atoms with Crippen molar-refractivity contribution in [1.29, 1.82) is 0 Å². The summed E-state index contributed by atoms with van der Waals surface area (Å²) in [5.41, 5.74) is -0.594. The van der Waals surface area contributed by atoms with Gasteiger partial charge in [-0.2, -0.15) is 0 Å². The van der Waals surface area contributed by atoms with Crippen LogP contribution < -0.4 is 0 Å². The first kappa shape index (κ1) is 16.2. The van der Waals surface area contributed by atoms with E-state index < -0.39 is 11.2 Å². The van der Waals surface area contributed by atoms with Crippen LogP contribution in [0.1, 0.15) is 59.4 Å². The Kier molecular flexibility index (Phi) is 4.81. The molecular formula is C17H28O2. The van der Waals surface area contributed by atoms with Crippen molar-refractivity contribution in [3.63, 3.8) is 0 Å². The van der Waals surface area contributed by atoms with Crippen molar-refractivity contribution in [2.24, 2.45) is 0 Å². The molecule has 0 saturated heterocycles. The number of hydrogen-bond donors (Lipinski definition) is 2. The van der Waals surface area contributed by atoms with Crippen molar-refractivity contribution in [2.45, 2.75) is 70.5 Å². The number of aliphatic hydroxyl groups is 2. The van der Waals surface area contributed by atoms with Gasteiger partial charge in [0.25, 0.3) is 0 Å². The minimum absolute atomic E-state index is 0.306. The Morgan fingerprint density at radius 1 is 0.842 bits per heavy atom. The summed E-state index contributed by atoms with van der Waals surface area (Å²) in [5, 5.41) is 20.4. The lowest BCUT2D eigenvalue weighted by Crippen LogP contribution is -2.45. The van der Waals surface area contributed by atoms with E-state index in [1.807, 2.05) is 45.9 Å². The first-order chi connectivity index (χ1) is 8.56. The zero-order chi connectivity index (χ0) is 14.7. The molecule has 1 aromatic carbocycles. The lowest BCUT2D eigenvalue weighted by Gasteiger charge is -2.41. The minimum atomic E-state index is -0.798. The van der Waals surface area contributed by atoms with Crippen LogP contribution >= 0.6 is 0 Å². The Balaban J connectivity index is 2.90. The van der Waals surface area contributed by atoms with E-state index in [1.54, 1.807) is 0 Å². The van der Waals surface area contributed by atoms with E-state index in [0.29, 0.717) is 0 Å². The fourth-order valence-electron chi connectivity index (χ4n) is 2.48. The third-order valence-electron chi connectivity index (χ3n) is 4.23. The van der Waals surface area contributed by atoms with E-state index in [2.05, 4.69) is 19.1 Å². The summed E-state index contributed by atoms with van der Waals surface area (Å²) in [6, 6.07) is 10.2. The normalized spacial score (nSPS) is 16.2. The minimum Gasteiger partial charge on any atom is -0.390 e. The summed E-state index contributed by atoms with van der Waals surface area (Å²) in [4.78, 5) is 0. The van der Waals surface area contributed by atoms with Crippen molar-refractivity contribution in [2.75, 3.05) is 0 Å². The summed E-state index contributed by atoms with van der Waals surface area (Å²) in [6.07, 6.45) is 2.48. The standard InChI is InChI=1S/C17H28O2/c1-15(2,18)12-9-13-17(5,16(3,4)19)14-10-7-6-8-11-14/h6-8,10-11,18-19H,9,12-13H2,1-5H3/t17-/m1/s1. The van der Waals surface area contributed by atoms with Gasteiger partial charge in [-0.15, -0.1) is 0 Å². The van der Waals surface area contributed by atoms with E-state index in [-0.39, 0.29) is 5.41 Å². The molecule has 19 heavy (non-hydrogen) atoms. The Hall–Kier alpha value is -0.860. The zero-order valence-electron chi connectivity index (χ0n) is 12.9. The van der Waals surface area contributed by atoms with Crippen LogP contribution in [-0.2, 0) is 5.41 Å². The highest BCUT2D eigenvalue weighted by Gasteiger charge is 2.40. The van der Waals surface area contributed by atoms with Crippen molar-refractivity contribution in [3.8, 4) is 0 Å². The maximum Gasteiger partial charge on any atom is 0.0685 e. The molecule has 2 nitrogen and oxygen atoms in total. The Morgan fingerprint density at radius 3 is 1.79 bits per heavy atom. The average Bonchev–Trinajstić information content (AvgIpc) is 2.26. The van der Waals surface area contributed by atoms with Crippen LogP contribution in [0, 0.1) is 0 Å². The highest BCUT2D eigenvalue weighted by molar-refractivity contribution is 5.28. The van der Waals surface area contributed by atoms with Gasteiger partial charge < -0.3 is 10.2 Å². The Morgan fingerprint density at radius 2 is 1.37 bits per heavy atom. The van der Waals surface area contributed by atoms with E-state index in [4.69, 9.17) is 0 Å². The van der Waals surface area contributed by atoms with Gasteiger partial charge in [0.1, 0.15) is 0 Å². The first-order valence-corrected chi connectivity index (χ1v) is 7.07. The number of benzene rings is 1. The molecule has 0 heterocycles. The molecule has 2 heteroatoms. The Bertz CT molecular complexity index is 384. The van der Waals surface area contributed by atoms with Gasteiger partial charge >= 0.3 is 0 Å². The van der Waals surface area contributed by atoms with Gasteiger partial charge in [0.15, 0.2) is 0 Å². The van der Waals surface area contributed by atoms with E-state index in [1.165, 1.54) is 0 Å². The maximum absolute atomic E-state index is 10.6. The highest BCUT2D eigenvalue weighted by atomic mass is 16.3. The quantitative estimate of drug-likeness (QED) is 0.823. The predicted molar refractivity (Wildman–Crippen MR) is 80.2 cm³/mol. The Labute approximate surface area is 117 Å². The van der Waals surface area contributed by atoms with Crippen LogP contribution in [0.2, 0.25) is 0 Å². The monoisotopic (exact) mass is 264 g/mol. The van der Waals surface area contributed by atoms with Crippen molar-refractivity contribution >= 4 is 0 Å². The summed E-state index contributed by atoms with van der Waals surface area (Å²) in [6.45, 7) is 9.49. The summed E-state index contributed by atoms with van der Waals surface area (Å²) in [5.74, 6) is 0. The SMILES string of the molecule is CC(C)(O)CCC[C@](C)(c1ccccc1)C(C)(C)O. The van der Waals surface area contributed by atoms with Gasteiger partial charge in [0, 0.05) is 5.41 Å². The lowest BCUT2D eigenvalue weighted by molar-refractivity contribution is -0.00886. The fraction of sp³-hybridized carbons (Fsp3) is 0.647. The van der Waals surface area contributed by atoms with Crippen LogP contribution in [0.4, 0.5) is 0 Å². The van der Waals surface area contributed by atoms with Gasteiger partial charge in [0.2, 0.25) is 0 Å². The molecule has 0 saturated carbocycles. The molecule has 1 rings (SSSR count). The third kappa shape index (κ3) is 4.32. The van der Waals surface area contributed by atoms with Gasteiger partial charge in [-0.3, -0.25) is 0 Å². The molecule has 0 amide bonds. The number of rotatable bonds is 6. The predicted octanol–water partition coefficient (Wildman–Crippen LogP) is 3.66. The van der Waals surface area contributed by atoms with Crippen LogP contribution in [-0.4, -0.2) is 21.4 Å². The largest absolute Gasteiger partial charge is 0.390 e. The highest BCUT2D eigenvalue weighted by Crippen LogP contribution is 2.40. The van der Waals surface area contributed by atoms with Gasteiger partial charge in [-0.1, -0.05) is 37.3 Å². The van der Waals surface area contributed by atoms with Crippen LogP contribution in [0.15, 0.2) is 30.3 Å². The smallest absolute Gasteiger partial charge is 0.0685 e. The number of hydrogen-bond acceptors (Lipinski definition) is 2. The molecule has 1 atom stereocenters. The maximum atomic E-state index is 10.6. The molecule has 0 aliphatic heterocycles. The molecule has 1 aromatic rings. The average molecular weight is 264 g/mol. The molecule has 0 aromatic heterocycles. The van der Waals surface area contributed by atoms with Crippen molar-refractivity contribution in [3.05, 3.63) is 35.9 Å². The zero-order valence-corrected chi connectivity index (χ0v) is 12.9. The summed E-state index contributed by atoms with van der Waals surface area (Å²) in [7, 11) is 0. The second-order valence-corrected chi connectivity index (χ2v) is 6.92. The van der Waals surface area contributed by atoms with Crippen molar-refractivity contribution < 1.29 is 10.2 Å². The molecule has 0 aliphatic carbocycles. The molecular weight excluding hydrogens is 236 g/mol. The topological polar surface area (TPSA) is 40.5 Å². The molecule has 0 fully saturated rings. The van der Waals surface area contributed by atoms with Crippen LogP contribution in [0.3, 0.4) is 0 Å². The fourth-order valence-corrected chi connectivity index (χ4v) is 2.48. The van der Waals surface area contributed by atoms with E-state index >= 15 is 0 Å². The molecule has 2 N–H and O–H groups in total. The lowest BCUT2D eigenvalue weighted by atomic mass is 9.67. The molecule has 0 aliphatic rings. The van der Waals surface area contributed by atoms with Crippen LogP contribution in [0.5, 0.6) is 0 Å². The van der Waals surface area contributed by atoms with Gasteiger partial charge in [0.05, 0.1) is 11.2 Å². The van der Waals surface area contributed by atoms with Crippen molar-refractivity contribution in [1.82, 2.24) is 0 Å². The molecule has 0 radical (unpaired) electrons. The van der Waals surface area contributed by atoms with E-state index in [0.717, 1.165) is 24.8 Å². The summed E-state index contributed by atoms with van der Waals surface area (Å²) < 4.78 is 0. The summed E-state index contributed by atoms with van der Waals surface area (Å²) >= 11 is 0. The first-order valence-electron chi connectivity index (χ1n) is 7.07. The molecule has 108 valence electrons. The third-order valence-corrected chi connectivity index (χ3v) is 4.23. The molecule has 0 spiro atoms. The van der Waals surface area contributed by atoms with Gasteiger partial charge in [-0.05, 0) is 52.5 Å². The molecule has 0 bridgehead atoms. The van der Waals surface area contributed by atoms with Gasteiger partial charge in [-0.25, -0.2) is 0 Å². The molecule has 0 unspecified atom stereocenters.